The Morgan fingerprint density at radius 2 is 1.68 bits per heavy atom. The molecule has 1 aliphatic heterocycles. The van der Waals surface area contributed by atoms with E-state index in [2.05, 4.69) is 36.0 Å². The maximum Gasteiger partial charge on any atom is 0.490 e. The average Bonchev–Trinajstić information content (AvgIpc) is 3.41. The summed E-state index contributed by atoms with van der Waals surface area (Å²) in [6.45, 7) is 9.88. The number of aliphatic carboxylic acids is 1. The van der Waals surface area contributed by atoms with Gasteiger partial charge in [-0.25, -0.2) is 14.6 Å². The molecule has 2 amide bonds. The van der Waals surface area contributed by atoms with Crippen LogP contribution in [0.1, 0.15) is 74.1 Å². The third kappa shape index (κ3) is 9.54. The van der Waals surface area contributed by atoms with Crippen LogP contribution < -0.4 is 10.6 Å². The molecule has 2 heterocycles. The molecule has 4 N–H and O–H groups in total. The van der Waals surface area contributed by atoms with E-state index in [0.717, 1.165) is 42.6 Å². The van der Waals surface area contributed by atoms with Crippen LogP contribution in [0.5, 0.6) is 0 Å². The molecule has 0 spiro atoms. The number of amides is 2. The molecular weight excluding hydrogens is 675 g/mol. The van der Waals surface area contributed by atoms with Crippen LogP contribution in [0.3, 0.4) is 0 Å². The number of fused-ring (bicyclic) bond motifs is 1. The summed E-state index contributed by atoms with van der Waals surface area (Å²) in [4.78, 5) is 41.5. The van der Waals surface area contributed by atoms with E-state index in [1.165, 1.54) is 0 Å². The molecule has 5 rings (SSSR count). The number of piperidine rings is 1. The number of hydrogen-bond acceptors (Lipinski definition) is 5. The number of rotatable bonds is 8. The summed E-state index contributed by atoms with van der Waals surface area (Å²) in [7, 11) is 0. The lowest BCUT2D eigenvalue weighted by molar-refractivity contribution is -0.192. The van der Waals surface area contributed by atoms with E-state index in [-0.39, 0.29) is 23.4 Å². The lowest BCUT2D eigenvalue weighted by Gasteiger charge is -2.41. The first-order valence-corrected chi connectivity index (χ1v) is 16.5. The summed E-state index contributed by atoms with van der Waals surface area (Å²) in [5.41, 5.74) is 3.73. The van der Waals surface area contributed by atoms with Gasteiger partial charge < -0.3 is 20.1 Å². The van der Waals surface area contributed by atoms with E-state index in [1.807, 2.05) is 55.5 Å². The number of nitrogens with zero attached hydrogens (tertiary/aromatic N) is 3. The molecular formula is C36H41ClF3N5O5. The predicted octanol–water partition coefficient (Wildman–Crippen LogP) is 8.20. The molecule has 10 nitrogen and oxygen atoms in total. The summed E-state index contributed by atoms with van der Waals surface area (Å²) in [5.74, 6) is -2.55. The number of imidazole rings is 1. The SMILES string of the molecule is C[C@H](N(C(=O)O)C(Cc1ccccc1)c1ccc2c(c1)nc(NC(=O)c1ccc(Cl)cc1)n2C1CCCNC1)C(C)(C)C.O=C(O)C(F)(F)F. The Bertz CT molecular complexity index is 1790. The second-order valence-electron chi connectivity index (χ2n) is 13.3. The highest BCUT2D eigenvalue weighted by Gasteiger charge is 2.38. The van der Waals surface area contributed by atoms with Crippen molar-refractivity contribution < 1.29 is 37.8 Å². The van der Waals surface area contributed by atoms with Crippen LogP contribution in [0.4, 0.5) is 23.9 Å². The third-order valence-corrected chi connectivity index (χ3v) is 9.06. The lowest BCUT2D eigenvalue weighted by Crippen LogP contribution is -2.47. The highest BCUT2D eigenvalue weighted by atomic mass is 35.5. The minimum atomic E-state index is -5.08. The smallest absolute Gasteiger partial charge is 0.475 e. The Balaban J connectivity index is 0.000000727. The summed E-state index contributed by atoms with van der Waals surface area (Å²) in [5, 5.41) is 24.7. The molecule has 2 unspecified atom stereocenters. The number of halogens is 4. The van der Waals surface area contributed by atoms with Crippen molar-refractivity contribution in [2.75, 3.05) is 18.4 Å². The van der Waals surface area contributed by atoms with Gasteiger partial charge in [-0.2, -0.15) is 13.2 Å². The fraction of sp³-hybridized carbons (Fsp3) is 0.389. The summed E-state index contributed by atoms with van der Waals surface area (Å²) in [6, 6.07) is 22.2. The zero-order valence-electron chi connectivity index (χ0n) is 28.2. The molecule has 0 saturated carbocycles. The molecule has 1 fully saturated rings. The van der Waals surface area contributed by atoms with Crippen molar-refractivity contribution in [1.29, 1.82) is 0 Å². The van der Waals surface area contributed by atoms with Gasteiger partial charge in [-0.1, -0.05) is 68.8 Å². The van der Waals surface area contributed by atoms with Crippen LogP contribution in [0.25, 0.3) is 11.0 Å². The van der Waals surface area contributed by atoms with Crippen LogP contribution in [-0.4, -0.2) is 67.9 Å². The number of hydrogen-bond donors (Lipinski definition) is 4. The zero-order valence-corrected chi connectivity index (χ0v) is 28.9. The van der Waals surface area contributed by atoms with Gasteiger partial charge in [0.25, 0.3) is 5.91 Å². The number of carboxylic acid groups (broad SMARTS) is 2. The van der Waals surface area contributed by atoms with Gasteiger partial charge in [0, 0.05) is 29.2 Å². The van der Waals surface area contributed by atoms with Crippen molar-refractivity contribution in [3.63, 3.8) is 0 Å². The first kappa shape index (κ1) is 38.2. The van der Waals surface area contributed by atoms with Crippen molar-refractivity contribution >= 4 is 46.6 Å². The molecule has 0 aliphatic carbocycles. The highest BCUT2D eigenvalue weighted by molar-refractivity contribution is 6.30. The van der Waals surface area contributed by atoms with Crippen LogP contribution in [-0.2, 0) is 11.2 Å². The van der Waals surface area contributed by atoms with E-state index in [4.69, 9.17) is 26.5 Å². The highest BCUT2D eigenvalue weighted by Crippen LogP contribution is 2.36. The number of carbonyl (C=O) groups is 3. The van der Waals surface area contributed by atoms with Gasteiger partial charge in [-0.15, -0.1) is 0 Å². The number of benzene rings is 3. The maximum absolute atomic E-state index is 13.3. The van der Waals surface area contributed by atoms with Crippen molar-refractivity contribution in [1.82, 2.24) is 19.8 Å². The molecule has 3 atom stereocenters. The van der Waals surface area contributed by atoms with E-state index >= 15 is 0 Å². The molecule has 4 aromatic rings. The van der Waals surface area contributed by atoms with E-state index < -0.39 is 24.3 Å². The molecule has 0 bridgehead atoms. The minimum absolute atomic E-state index is 0.113. The van der Waals surface area contributed by atoms with Crippen molar-refractivity contribution in [3.8, 4) is 0 Å². The van der Waals surface area contributed by atoms with Gasteiger partial charge in [0.1, 0.15) is 0 Å². The fourth-order valence-corrected chi connectivity index (χ4v) is 5.94. The van der Waals surface area contributed by atoms with Crippen molar-refractivity contribution in [3.05, 3.63) is 94.5 Å². The van der Waals surface area contributed by atoms with Crippen molar-refractivity contribution in [2.45, 2.75) is 71.3 Å². The van der Waals surface area contributed by atoms with Gasteiger partial charge in [-0.05, 0) is 85.7 Å². The number of carboxylic acids is 1. The number of alkyl halides is 3. The number of nitrogens with one attached hydrogen (secondary N) is 2. The van der Waals surface area contributed by atoms with Crippen LogP contribution >= 0.6 is 11.6 Å². The predicted molar refractivity (Wildman–Crippen MR) is 186 cm³/mol. The standard InChI is InChI=1S/C34H40ClN5O3.C2HF3O2/c1-22(34(2,3)4)39(33(42)43)30(19-23-9-6-5-7-10-23)25-14-17-29-28(20-25)37-32(40(29)27-11-8-18-36-21-27)38-31(41)24-12-15-26(35)16-13-24;3-2(4,5)1(6)7/h5-7,9-10,12-17,20,22,27,30,36H,8,11,18-19,21H2,1-4H3,(H,42,43)(H,37,38,41);(H,6,7)/t22-,27?,30?;/m0./s1. The number of aromatic nitrogens is 2. The Morgan fingerprint density at radius 3 is 2.22 bits per heavy atom. The van der Waals surface area contributed by atoms with Gasteiger partial charge in [0.05, 0.1) is 17.1 Å². The zero-order chi connectivity index (χ0) is 36.8. The Hall–Kier alpha value is -4.62. The summed E-state index contributed by atoms with van der Waals surface area (Å²) >= 11 is 6.04. The average molecular weight is 716 g/mol. The summed E-state index contributed by atoms with van der Waals surface area (Å²) < 4.78 is 33.8. The minimum Gasteiger partial charge on any atom is -0.475 e. The van der Waals surface area contributed by atoms with Gasteiger partial charge in [0.15, 0.2) is 0 Å². The van der Waals surface area contributed by atoms with Crippen molar-refractivity contribution in [2.24, 2.45) is 5.41 Å². The van der Waals surface area contributed by atoms with Crippen LogP contribution in [0.2, 0.25) is 5.02 Å². The van der Waals surface area contributed by atoms with E-state index in [9.17, 15) is 27.9 Å². The fourth-order valence-electron chi connectivity index (χ4n) is 5.81. The van der Waals surface area contributed by atoms with Crippen LogP contribution in [0, 0.1) is 5.41 Å². The van der Waals surface area contributed by atoms with Gasteiger partial charge in [-0.3, -0.25) is 15.0 Å². The van der Waals surface area contributed by atoms with Gasteiger partial charge in [0.2, 0.25) is 5.95 Å². The third-order valence-electron chi connectivity index (χ3n) is 8.81. The Kier molecular flexibility index (Phi) is 12.2. The number of anilines is 1. The topological polar surface area (TPSA) is 137 Å². The Morgan fingerprint density at radius 1 is 1.04 bits per heavy atom. The first-order valence-electron chi connectivity index (χ1n) is 16.1. The van der Waals surface area contributed by atoms with E-state index in [0.29, 0.717) is 28.5 Å². The number of carbonyl (C=O) groups excluding carboxylic acids is 1. The van der Waals surface area contributed by atoms with Gasteiger partial charge >= 0.3 is 18.2 Å². The maximum atomic E-state index is 13.3. The molecule has 1 saturated heterocycles. The molecule has 50 heavy (non-hydrogen) atoms. The lowest BCUT2D eigenvalue weighted by atomic mass is 9.84. The quantitative estimate of drug-likeness (QED) is 0.144. The van der Waals surface area contributed by atoms with E-state index in [1.54, 1.807) is 29.2 Å². The summed E-state index contributed by atoms with van der Waals surface area (Å²) in [6.07, 6.45) is -3.55. The molecule has 3 aromatic carbocycles. The second kappa shape index (κ2) is 15.9. The molecule has 1 aromatic heterocycles. The van der Waals surface area contributed by atoms with Crippen LogP contribution in [0.15, 0.2) is 72.8 Å². The molecule has 14 heteroatoms. The first-order chi connectivity index (χ1) is 23.5. The Labute approximate surface area is 293 Å². The second-order valence-corrected chi connectivity index (χ2v) is 13.7. The molecule has 0 radical (unpaired) electrons. The largest absolute Gasteiger partial charge is 0.490 e. The monoisotopic (exact) mass is 715 g/mol. The molecule has 268 valence electrons. The normalized spacial score (nSPS) is 16.1. The molecule has 1 aliphatic rings.